The first kappa shape index (κ1) is 24.1. The van der Waals surface area contributed by atoms with Gasteiger partial charge in [-0.05, 0) is 41.7 Å². The second-order valence-electron chi connectivity index (χ2n) is 7.66. The van der Waals surface area contributed by atoms with Crippen molar-refractivity contribution in [2.24, 2.45) is 5.73 Å². The molecule has 5 nitrogen and oxygen atoms in total. The average molecular weight is 453 g/mol. The van der Waals surface area contributed by atoms with Crippen LogP contribution >= 0.6 is 0 Å². The minimum absolute atomic E-state index is 0.00853. The number of hydrogen-bond acceptors (Lipinski definition) is 4. The summed E-state index contributed by atoms with van der Waals surface area (Å²) in [6, 6.07) is 23.9. The van der Waals surface area contributed by atoms with Crippen LogP contribution in [-0.4, -0.2) is 30.2 Å². The summed E-state index contributed by atoms with van der Waals surface area (Å²) in [4.78, 5) is 24.1. The van der Waals surface area contributed by atoms with Crippen LogP contribution in [0.1, 0.15) is 16.7 Å². The molecular weight excluding hydrogens is 426 g/mol. The highest BCUT2D eigenvalue weighted by Crippen LogP contribution is 2.20. The molecule has 0 aliphatic rings. The topological polar surface area (TPSA) is 81.4 Å². The minimum Gasteiger partial charge on any atom is -0.489 e. The number of alkyl halides is 2. The van der Waals surface area contributed by atoms with E-state index in [1.807, 2.05) is 60.7 Å². The van der Waals surface area contributed by atoms with E-state index in [-0.39, 0.29) is 13.0 Å². The molecule has 172 valence electrons. The van der Waals surface area contributed by atoms with E-state index in [1.165, 1.54) is 0 Å². The third-order valence-electron chi connectivity index (χ3n) is 5.10. The van der Waals surface area contributed by atoms with Crippen molar-refractivity contribution in [2.75, 3.05) is 6.54 Å². The van der Waals surface area contributed by atoms with Gasteiger partial charge >= 0.3 is 5.92 Å². The van der Waals surface area contributed by atoms with Crippen molar-refractivity contribution in [3.05, 3.63) is 102 Å². The van der Waals surface area contributed by atoms with Gasteiger partial charge in [0.15, 0.2) is 0 Å². The Kier molecular flexibility index (Phi) is 8.27. The molecule has 0 aliphatic carbocycles. The van der Waals surface area contributed by atoms with E-state index >= 15 is 0 Å². The van der Waals surface area contributed by atoms with Crippen LogP contribution in [0.2, 0.25) is 0 Å². The number of nitrogens with two attached hydrogens (primary N) is 1. The maximum Gasteiger partial charge on any atom is 0.383 e. The summed E-state index contributed by atoms with van der Waals surface area (Å²) in [6.07, 6.45) is 0.256. The average Bonchev–Trinajstić information content (AvgIpc) is 2.84. The first-order valence-corrected chi connectivity index (χ1v) is 10.6. The molecule has 0 radical (unpaired) electrons. The first-order valence-electron chi connectivity index (χ1n) is 10.6. The number of carbonyl (C=O) groups excluding carboxylic acids is 2. The summed E-state index contributed by atoms with van der Waals surface area (Å²) < 4.78 is 34.4. The highest BCUT2D eigenvalue weighted by molar-refractivity contribution is 6.09. The molecule has 3 N–H and O–H groups in total. The van der Waals surface area contributed by atoms with Gasteiger partial charge in [-0.15, -0.1) is 0 Å². The van der Waals surface area contributed by atoms with E-state index < -0.39 is 23.7 Å². The quantitative estimate of drug-likeness (QED) is 0.435. The molecule has 1 unspecified atom stereocenters. The van der Waals surface area contributed by atoms with Crippen LogP contribution in [-0.2, 0) is 29.0 Å². The number of benzene rings is 3. The summed E-state index contributed by atoms with van der Waals surface area (Å²) in [7, 11) is 0. The molecule has 0 fully saturated rings. The molecular formula is C26H26F2N2O3. The van der Waals surface area contributed by atoms with Crippen molar-refractivity contribution in [3.8, 4) is 5.75 Å². The zero-order chi connectivity index (χ0) is 23.7. The van der Waals surface area contributed by atoms with E-state index in [1.54, 1.807) is 24.3 Å². The highest BCUT2D eigenvalue weighted by Gasteiger charge is 2.48. The summed E-state index contributed by atoms with van der Waals surface area (Å²) in [6.45, 7) is 0.384. The highest BCUT2D eigenvalue weighted by atomic mass is 19.3. The van der Waals surface area contributed by atoms with Crippen LogP contribution in [0.25, 0.3) is 0 Å². The van der Waals surface area contributed by atoms with Crippen LogP contribution in [0.15, 0.2) is 84.9 Å². The van der Waals surface area contributed by atoms with E-state index in [2.05, 4.69) is 5.32 Å². The predicted molar refractivity (Wildman–Crippen MR) is 122 cm³/mol. The number of Topliss-reactive ketones (excluding diaryl/α,β-unsaturated/α-hetero) is 1. The lowest BCUT2D eigenvalue weighted by molar-refractivity contribution is -0.159. The third-order valence-corrected chi connectivity index (χ3v) is 5.10. The fourth-order valence-corrected chi connectivity index (χ4v) is 3.23. The third kappa shape index (κ3) is 6.95. The van der Waals surface area contributed by atoms with E-state index in [4.69, 9.17) is 10.5 Å². The maximum atomic E-state index is 14.4. The van der Waals surface area contributed by atoms with Crippen molar-refractivity contribution in [3.63, 3.8) is 0 Å². The van der Waals surface area contributed by atoms with Crippen LogP contribution in [0.4, 0.5) is 8.78 Å². The monoisotopic (exact) mass is 452 g/mol. The molecule has 1 amide bonds. The normalized spacial score (nSPS) is 12.1. The van der Waals surface area contributed by atoms with E-state index in [9.17, 15) is 18.4 Å². The minimum atomic E-state index is -4.20. The molecule has 0 saturated heterocycles. The SMILES string of the molecule is NC(Cc1ccc(OCc2ccccc2)cc1)C(=O)C(F)(F)C(=O)NCCc1ccccc1. The standard InChI is InChI=1S/C26H26F2N2O3/c27-26(28,25(32)30-16-15-19-7-3-1-4-8-19)24(31)23(29)17-20-11-13-22(14-12-20)33-18-21-9-5-2-6-10-21/h1-14,23H,15-18,29H2,(H,30,32). The Hall–Kier alpha value is -3.58. The molecule has 0 spiro atoms. The molecule has 0 heterocycles. The molecule has 0 aromatic heterocycles. The van der Waals surface area contributed by atoms with E-state index in [0.717, 1.165) is 11.1 Å². The van der Waals surface area contributed by atoms with Gasteiger partial charge in [0.05, 0.1) is 6.04 Å². The number of amides is 1. The molecule has 0 aliphatic heterocycles. The Morgan fingerprint density at radius 1 is 0.848 bits per heavy atom. The lowest BCUT2D eigenvalue weighted by atomic mass is 9.99. The Labute approximate surface area is 191 Å². The summed E-state index contributed by atoms with van der Waals surface area (Å²) >= 11 is 0. The van der Waals surface area contributed by atoms with Crippen molar-refractivity contribution in [1.82, 2.24) is 5.32 Å². The molecule has 0 saturated carbocycles. The molecule has 3 aromatic rings. The molecule has 3 rings (SSSR count). The molecule has 3 aromatic carbocycles. The maximum absolute atomic E-state index is 14.4. The fraction of sp³-hybridized carbons (Fsp3) is 0.231. The van der Waals surface area contributed by atoms with Gasteiger partial charge < -0.3 is 15.8 Å². The van der Waals surface area contributed by atoms with Crippen LogP contribution in [0.5, 0.6) is 5.75 Å². The number of carbonyl (C=O) groups is 2. The molecule has 33 heavy (non-hydrogen) atoms. The lowest BCUT2D eigenvalue weighted by Crippen LogP contribution is -2.53. The molecule has 1 atom stereocenters. The van der Waals surface area contributed by atoms with Gasteiger partial charge in [-0.1, -0.05) is 72.8 Å². The van der Waals surface area contributed by atoms with Crippen molar-refractivity contribution < 1.29 is 23.1 Å². The number of halogens is 2. The number of ketones is 1. The van der Waals surface area contributed by atoms with Gasteiger partial charge in [0.25, 0.3) is 5.91 Å². The fourth-order valence-electron chi connectivity index (χ4n) is 3.23. The van der Waals surface area contributed by atoms with Crippen molar-refractivity contribution >= 4 is 11.7 Å². The van der Waals surface area contributed by atoms with E-state index in [0.29, 0.717) is 24.3 Å². The Bertz CT molecular complexity index is 1040. The number of rotatable bonds is 11. The Balaban J connectivity index is 1.49. The van der Waals surface area contributed by atoms with Crippen molar-refractivity contribution in [2.45, 2.75) is 31.4 Å². The van der Waals surface area contributed by atoms with Gasteiger partial charge in [0, 0.05) is 6.54 Å². The van der Waals surface area contributed by atoms with Gasteiger partial charge in [0.2, 0.25) is 5.78 Å². The molecule has 7 heteroatoms. The van der Waals surface area contributed by atoms with Crippen LogP contribution in [0.3, 0.4) is 0 Å². The number of ether oxygens (including phenoxy) is 1. The van der Waals surface area contributed by atoms with Gasteiger partial charge in [-0.2, -0.15) is 8.78 Å². The lowest BCUT2D eigenvalue weighted by Gasteiger charge is -2.19. The van der Waals surface area contributed by atoms with Crippen LogP contribution < -0.4 is 15.8 Å². The predicted octanol–water partition coefficient (Wildman–Crippen LogP) is 3.70. The zero-order valence-electron chi connectivity index (χ0n) is 18.0. The summed E-state index contributed by atoms with van der Waals surface area (Å²) in [5, 5.41) is 2.12. The Morgan fingerprint density at radius 3 is 2.03 bits per heavy atom. The smallest absolute Gasteiger partial charge is 0.383 e. The summed E-state index contributed by atoms with van der Waals surface area (Å²) in [5.41, 5.74) is 8.21. The largest absolute Gasteiger partial charge is 0.489 e. The zero-order valence-corrected chi connectivity index (χ0v) is 18.0. The first-order chi connectivity index (χ1) is 15.9. The summed E-state index contributed by atoms with van der Waals surface area (Å²) in [5.74, 6) is -6.84. The van der Waals surface area contributed by atoms with Gasteiger partial charge in [-0.25, -0.2) is 0 Å². The second-order valence-corrected chi connectivity index (χ2v) is 7.66. The van der Waals surface area contributed by atoms with Crippen molar-refractivity contribution in [1.29, 1.82) is 0 Å². The van der Waals surface area contributed by atoms with Gasteiger partial charge in [-0.3, -0.25) is 9.59 Å². The second kappa shape index (κ2) is 11.3. The Morgan fingerprint density at radius 2 is 1.42 bits per heavy atom. The molecule has 0 bridgehead atoms. The van der Waals surface area contributed by atoms with Crippen LogP contribution in [0, 0.1) is 0 Å². The number of nitrogens with one attached hydrogen (secondary N) is 1. The number of hydrogen-bond donors (Lipinski definition) is 2. The van der Waals surface area contributed by atoms with Gasteiger partial charge in [0.1, 0.15) is 12.4 Å².